The van der Waals surface area contributed by atoms with Gasteiger partial charge in [-0.25, -0.2) is 0 Å². The van der Waals surface area contributed by atoms with E-state index in [0.717, 1.165) is 35.8 Å². The van der Waals surface area contributed by atoms with Gasteiger partial charge in [-0.15, -0.1) is 0 Å². The van der Waals surface area contributed by atoms with Crippen molar-refractivity contribution in [1.82, 2.24) is 14.7 Å². The van der Waals surface area contributed by atoms with Crippen LogP contribution in [0.3, 0.4) is 0 Å². The van der Waals surface area contributed by atoms with Gasteiger partial charge in [-0.05, 0) is 56.5 Å². The van der Waals surface area contributed by atoms with Crippen molar-refractivity contribution >= 4 is 17.5 Å². The van der Waals surface area contributed by atoms with Gasteiger partial charge in [-0.2, -0.15) is 0 Å². The zero-order chi connectivity index (χ0) is 25.7. The fourth-order valence-corrected chi connectivity index (χ4v) is 5.64. The van der Waals surface area contributed by atoms with E-state index in [9.17, 15) is 4.79 Å². The number of rotatable bonds is 8. The predicted molar refractivity (Wildman–Crippen MR) is 149 cm³/mol. The van der Waals surface area contributed by atoms with Gasteiger partial charge in [0.1, 0.15) is 0 Å². The molecule has 0 spiro atoms. The van der Waals surface area contributed by atoms with Crippen LogP contribution in [0.4, 0.5) is 0 Å². The molecule has 1 amide bonds. The molecule has 1 heterocycles. The maximum Gasteiger partial charge on any atom is 0.254 e. The summed E-state index contributed by atoms with van der Waals surface area (Å²) in [5, 5.41) is 0.825. The standard InChI is InChI=1S/C31H38ClN3O/c1-5-33(6-2)31(36)28-18-12-11-17-27(28)30(25-14-8-7-9-15-25)35-21-23(3)34(20-24(35)4)22-26-16-10-13-19-29(26)32/h7-19,23-24,30H,5-6,20-22H2,1-4H3/t23-,24+,30+/m1/s1. The molecule has 1 fully saturated rings. The number of hydrogen-bond donors (Lipinski definition) is 0. The lowest BCUT2D eigenvalue weighted by Crippen LogP contribution is -2.57. The van der Waals surface area contributed by atoms with Crippen molar-refractivity contribution < 1.29 is 4.79 Å². The van der Waals surface area contributed by atoms with Crippen molar-refractivity contribution in [3.05, 3.63) is 106 Å². The van der Waals surface area contributed by atoms with Crippen molar-refractivity contribution in [2.24, 2.45) is 0 Å². The van der Waals surface area contributed by atoms with Crippen LogP contribution >= 0.6 is 11.6 Å². The van der Waals surface area contributed by atoms with E-state index < -0.39 is 0 Å². The predicted octanol–water partition coefficient (Wildman–Crippen LogP) is 6.51. The summed E-state index contributed by atoms with van der Waals surface area (Å²) in [6.07, 6.45) is 0. The minimum absolute atomic E-state index is 0.00169. The second-order valence-electron chi connectivity index (χ2n) is 9.79. The first-order chi connectivity index (χ1) is 17.4. The Bertz CT molecular complexity index is 1150. The van der Waals surface area contributed by atoms with Crippen LogP contribution in [0, 0.1) is 0 Å². The van der Waals surface area contributed by atoms with Gasteiger partial charge in [0.15, 0.2) is 0 Å². The van der Waals surface area contributed by atoms with E-state index in [4.69, 9.17) is 11.6 Å². The highest BCUT2D eigenvalue weighted by molar-refractivity contribution is 6.31. The average molecular weight is 504 g/mol. The third-order valence-electron chi connectivity index (χ3n) is 7.48. The van der Waals surface area contributed by atoms with E-state index in [1.807, 2.05) is 43.0 Å². The van der Waals surface area contributed by atoms with Gasteiger partial charge < -0.3 is 4.90 Å². The molecule has 36 heavy (non-hydrogen) atoms. The van der Waals surface area contributed by atoms with E-state index in [-0.39, 0.29) is 11.9 Å². The molecule has 0 saturated carbocycles. The first-order valence-corrected chi connectivity index (χ1v) is 13.5. The fraction of sp³-hybridized carbons (Fsp3) is 0.387. The van der Waals surface area contributed by atoms with E-state index in [1.54, 1.807) is 0 Å². The van der Waals surface area contributed by atoms with Crippen molar-refractivity contribution in [3.8, 4) is 0 Å². The summed E-state index contributed by atoms with van der Waals surface area (Å²) in [6, 6.07) is 27.6. The number of carbonyl (C=O) groups excluding carboxylic acids is 1. The fourth-order valence-electron chi connectivity index (χ4n) is 5.45. The van der Waals surface area contributed by atoms with Gasteiger partial charge >= 0.3 is 0 Å². The smallest absolute Gasteiger partial charge is 0.254 e. The topological polar surface area (TPSA) is 26.8 Å². The molecule has 3 aromatic carbocycles. The summed E-state index contributed by atoms with van der Waals surface area (Å²) in [5.74, 6) is 0.106. The van der Waals surface area contributed by atoms with E-state index in [1.165, 1.54) is 11.1 Å². The van der Waals surface area contributed by atoms with Crippen LogP contribution in [0.25, 0.3) is 0 Å². The third-order valence-corrected chi connectivity index (χ3v) is 7.85. The number of piperazine rings is 1. The summed E-state index contributed by atoms with van der Waals surface area (Å²) in [6.45, 7) is 12.8. The highest BCUT2D eigenvalue weighted by Gasteiger charge is 2.36. The molecular weight excluding hydrogens is 466 g/mol. The summed E-state index contributed by atoms with van der Waals surface area (Å²) >= 11 is 6.49. The van der Waals surface area contributed by atoms with Gasteiger partial charge in [-0.3, -0.25) is 14.6 Å². The maximum absolute atomic E-state index is 13.6. The molecule has 1 saturated heterocycles. The summed E-state index contributed by atoms with van der Waals surface area (Å²) in [5.41, 5.74) is 4.27. The quantitative estimate of drug-likeness (QED) is 0.350. The van der Waals surface area contributed by atoms with Crippen LogP contribution in [0.1, 0.15) is 60.8 Å². The maximum atomic E-state index is 13.6. The molecule has 0 N–H and O–H groups in total. The van der Waals surface area contributed by atoms with Gasteiger partial charge in [0.2, 0.25) is 0 Å². The van der Waals surface area contributed by atoms with Crippen LogP contribution in [-0.2, 0) is 6.54 Å². The normalized spacial score (nSPS) is 19.7. The molecular formula is C31H38ClN3O. The van der Waals surface area contributed by atoms with Gasteiger partial charge in [0, 0.05) is 55.4 Å². The van der Waals surface area contributed by atoms with Gasteiger partial charge in [-0.1, -0.05) is 78.3 Å². The molecule has 4 nitrogen and oxygen atoms in total. The van der Waals surface area contributed by atoms with E-state index in [2.05, 4.69) is 78.2 Å². The third kappa shape index (κ3) is 5.67. The SMILES string of the molecule is CCN(CC)C(=O)c1ccccc1[C@H](c1ccccc1)N1C[C@@H](C)N(Cc2ccccc2Cl)C[C@@H]1C. The minimum atomic E-state index is 0.00169. The van der Waals surface area contributed by atoms with Crippen LogP contribution in [0.2, 0.25) is 5.02 Å². The number of hydrogen-bond acceptors (Lipinski definition) is 3. The second kappa shape index (κ2) is 12.1. The van der Waals surface area contributed by atoms with Crippen molar-refractivity contribution in [2.75, 3.05) is 26.2 Å². The van der Waals surface area contributed by atoms with Crippen LogP contribution in [0.15, 0.2) is 78.9 Å². The summed E-state index contributed by atoms with van der Waals surface area (Å²) in [7, 11) is 0. The minimum Gasteiger partial charge on any atom is -0.339 e. The average Bonchev–Trinajstić information content (AvgIpc) is 2.90. The highest BCUT2D eigenvalue weighted by atomic mass is 35.5. The molecule has 0 bridgehead atoms. The lowest BCUT2D eigenvalue weighted by atomic mass is 9.90. The zero-order valence-electron chi connectivity index (χ0n) is 21.9. The zero-order valence-corrected chi connectivity index (χ0v) is 22.7. The first-order valence-electron chi connectivity index (χ1n) is 13.1. The monoisotopic (exact) mass is 503 g/mol. The molecule has 0 aliphatic carbocycles. The number of amides is 1. The Morgan fingerprint density at radius 3 is 2.22 bits per heavy atom. The number of halogens is 1. The Labute approximate surface area is 221 Å². The van der Waals surface area contributed by atoms with Crippen LogP contribution < -0.4 is 0 Å². The van der Waals surface area contributed by atoms with Crippen molar-refractivity contribution in [2.45, 2.75) is 52.4 Å². The van der Waals surface area contributed by atoms with Crippen molar-refractivity contribution in [1.29, 1.82) is 0 Å². The van der Waals surface area contributed by atoms with Gasteiger partial charge in [0.05, 0.1) is 6.04 Å². The van der Waals surface area contributed by atoms with Gasteiger partial charge in [0.25, 0.3) is 5.91 Å². The highest BCUT2D eigenvalue weighted by Crippen LogP contribution is 2.36. The molecule has 3 aromatic rings. The number of carbonyl (C=O) groups is 1. The van der Waals surface area contributed by atoms with Crippen LogP contribution in [0.5, 0.6) is 0 Å². The largest absolute Gasteiger partial charge is 0.339 e. The molecule has 0 unspecified atom stereocenters. The Morgan fingerprint density at radius 2 is 1.53 bits per heavy atom. The molecule has 1 aliphatic rings. The molecule has 3 atom stereocenters. The van der Waals surface area contributed by atoms with Crippen molar-refractivity contribution in [3.63, 3.8) is 0 Å². The summed E-state index contributed by atoms with van der Waals surface area (Å²) < 4.78 is 0. The molecule has 4 rings (SSSR count). The molecule has 0 radical (unpaired) electrons. The Hall–Kier alpha value is -2.66. The Balaban J connectivity index is 1.69. The van der Waals surface area contributed by atoms with E-state index in [0.29, 0.717) is 25.2 Å². The molecule has 190 valence electrons. The van der Waals surface area contributed by atoms with E-state index >= 15 is 0 Å². The number of nitrogens with zero attached hydrogens (tertiary/aromatic N) is 3. The Morgan fingerprint density at radius 1 is 0.889 bits per heavy atom. The second-order valence-corrected chi connectivity index (χ2v) is 10.2. The first kappa shape index (κ1) is 26.4. The van der Waals surface area contributed by atoms with Crippen LogP contribution in [-0.4, -0.2) is 58.9 Å². The molecule has 5 heteroatoms. The Kier molecular flexibility index (Phi) is 8.84. The lowest BCUT2D eigenvalue weighted by Gasteiger charge is -2.48. The number of benzene rings is 3. The molecule has 0 aromatic heterocycles. The summed E-state index contributed by atoms with van der Waals surface area (Å²) in [4.78, 5) is 20.6. The molecule has 1 aliphatic heterocycles. The lowest BCUT2D eigenvalue weighted by molar-refractivity contribution is 0.0192.